The maximum Gasteiger partial charge on any atom is 0.251 e. The zero-order valence-electron chi connectivity index (χ0n) is 13.4. The zero-order valence-corrected chi connectivity index (χ0v) is 13.4. The van der Waals surface area contributed by atoms with E-state index in [1.165, 1.54) is 0 Å². The third-order valence-corrected chi connectivity index (χ3v) is 3.44. The van der Waals surface area contributed by atoms with Gasteiger partial charge >= 0.3 is 0 Å². The Morgan fingerprint density at radius 3 is 2.10 bits per heavy atom. The lowest BCUT2D eigenvalue weighted by molar-refractivity contribution is -0.120. The van der Waals surface area contributed by atoms with Gasteiger partial charge in [0.1, 0.15) is 0 Å². The summed E-state index contributed by atoms with van der Waals surface area (Å²) in [5.41, 5.74) is 1.34. The molecule has 0 unspecified atom stereocenters. The minimum Gasteiger partial charge on any atom is -0.352 e. The number of anilines is 1. The van der Waals surface area contributed by atoms with E-state index < -0.39 is 0 Å². The van der Waals surface area contributed by atoms with E-state index in [4.69, 9.17) is 0 Å². The van der Waals surface area contributed by atoms with E-state index in [2.05, 4.69) is 24.5 Å². The molecule has 0 radical (unpaired) electrons. The summed E-state index contributed by atoms with van der Waals surface area (Å²) in [6.45, 7) is 8.78. The molecule has 4 nitrogen and oxygen atoms in total. The van der Waals surface area contributed by atoms with Crippen molar-refractivity contribution in [2.75, 3.05) is 11.9 Å². The Morgan fingerprint density at radius 2 is 1.62 bits per heavy atom. The van der Waals surface area contributed by atoms with Crippen LogP contribution >= 0.6 is 0 Å². The van der Waals surface area contributed by atoms with Crippen LogP contribution in [0.3, 0.4) is 0 Å². The summed E-state index contributed by atoms with van der Waals surface area (Å²) >= 11 is 0. The van der Waals surface area contributed by atoms with E-state index in [0.717, 1.165) is 18.5 Å². The summed E-state index contributed by atoms with van der Waals surface area (Å²) < 4.78 is 0. The number of hydrogen-bond acceptors (Lipinski definition) is 2. The molecule has 0 aromatic heterocycles. The molecular weight excluding hydrogens is 264 g/mol. The molecule has 2 amide bonds. The molecule has 21 heavy (non-hydrogen) atoms. The first kappa shape index (κ1) is 17.2. The molecule has 0 heterocycles. The maximum absolute atomic E-state index is 12.0. The molecule has 1 aromatic rings. The monoisotopic (exact) mass is 290 g/mol. The first-order chi connectivity index (χ1) is 9.97. The van der Waals surface area contributed by atoms with Gasteiger partial charge in [-0.2, -0.15) is 0 Å². The Bertz CT molecular complexity index is 462. The highest BCUT2D eigenvalue weighted by atomic mass is 16.2. The number of nitrogens with one attached hydrogen (secondary N) is 2. The Kier molecular flexibility index (Phi) is 6.92. The molecule has 2 N–H and O–H groups in total. The van der Waals surface area contributed by atoms with Crippen molar-refractivity contribution in [1.29, 1.82) is 0 Å². The van der Waals surface area contributed by atoms with E-state index >= 15 is 0 Å². The van der Waals surface area contributed by atoms with Crippen molar-refractivity contribution < 1.29 is 9.59 Å². The van der Waals surface area contributed by atoms with Crippen molar-refractivity contribution in [3.8, 4) is 0 Å². The largest absolute Gasteiger partial charge is 0.352 e. The van der Waals surface area contributed by atoms with Crippen LogP contribution in [0.1, 0.15) is 50.9 Å². The summed E-state index contributed by atoms with van der Waals surface area (Å²) in [4.78, 5) is 23.9. The molecule has 1 rings (SSSR count). The highest BCUT2D eigenvalue weighted by Gasteiger charge is 2.14. The lowest BCUT2D eigenvalue weighted by Crippen LogP contribution is -2.27. The van der Waals surface area contributed by atoms with Crippen LogP contribution in [0.5, 0.6) is 0 Å². The van der Waals surface area contributed by atoms with E-state index in [0.29, 0.717) is 18.0 Å². The first-order valence-electron chi connectivity index (χ1n) is 7.67. The number of carbonyl (C=O) groups is 2. The topological polar surface area (TPSA) is 58.2 Å². The van der Waals surface area contributed by atoms with E-state index in [-0.39, 0.29) is 17.7 Å². The van der Waals surface area contributed by atoms with E-state index in [1.807, 2.05) is 13.8 Å². The molecule has 1 aromatic carbocycles. The van der Waals surface area contributed by atoms with Gasteiger partial charge < -0.3 is 10.6 Å². The second-order valence-corrected chi connectivity index (χ2v) is 5.68. The predicted molar refractivity (Wildman–Crippen MR) is 86.3 cm³/mol. The highest BCUT2D eigenvalue weighted by molar-refractivity contribution is 5.96. The molecule has 0 bridgehead atoms. The van der Waals surface area contributed by atoms with Gasteiger partial charge in [0.05, 0.1) is 0 Å². The Hall–Kier alpha value is -1.84. The highest BCUT2D eigenvalue weighted by Crippen LogP contribution is 2.14. The molecule has 0 saturated carbocycles. The Labute approximate surface area is 127 Å². The van der Waals surface area contributed by atoms with Crippen LogP contribution in [-0.2, 0) is 4.79 Å². The smallest absolute Gasteiger partial charge is 0.251 e. The molecule has 0 aliphatic carbocycles. The molecule has 0 aliphatic heterocycles. The molecular formula is C17H26N2O2. The molecule has 116 valence electrons. The molecule has 0 spiro atoms. The fourth-order valence-corrected chi connectivity index (χ4v) is 2.01. The summed E-state index contributed by atoms with van der Waals surface area (Å²) in [6.07, 6.45) is 1.66. The van der Waals surface area contributed by atoms with Crippen LogP contribution in [0, 0.1) is 11.8 Å². The fraction of sp³-hybridized carbons (Fsp3) is 0.529. The van der Waals surface area contributed by atoms with Gasteiger partial charge in [-0.05, 0) is 43.0 Å². The van der Waals surface area contributed by atoms with E-state index in [1.54, 1.807) is 24.3 Å². The van der Waals surface area contributed by atoms with Gasteiger partial charge in [0.25, 0.3) is 5.91 Å². The van der Waals surface area contributed by atoms with Crippen molar-refractivity contribution in [3.63, 3.8) is 0 Å². The van der Waals surface area contributed by atoms with Crippen LogP contribution in [0.15, 0.2) is 24.3 Å². The predicted octanol–water partition coefficient (Wildman–Crippen LogP) is 3.45. The second kappa shape index (κ2) is 8.45. The molecule has 4 heteroatoms. The number of benzene rings is 1. The van der Waals surface area contributed by atoms with Gasteiger partial charge in [0.15, 0.2) is 0 Å². The zero-order chi connectivity index (χ0) is 15.8. The molecule has 0 saturated heterocycles. The average Bonchev–Trinajstić information content (AvgIpc) is 2.46. The van der Waals surface area contributed by atoms with Crippen molar-refractivity contribution in [2.24, 2.45) is 11.8 Å². The van der Waals surface area contributed by atoms with Crippen LogP contribution in [0.2, 0.25) is 0 Å². The summed E-state index contributed by atoms with van der Waals surface area (Å²) in [5, 5.41) is 5.76. The van der Waals surface area contributed by atoms with Gasteiger partial charge in [-0.25, -0.2) is 0 Å². The normalized spacial score (nSPS) is 10.8. The number of hydrogen-bond donors (Lipinski definition) is 2. The quantitative estimate of drug-likeness (QED) is 0.808. The first-order valence-corrected chi connectivity index (χ1v) is 7.67. The number of amides is 2. The third-order valence-electron chi connectivity index (χ3n) is 3.44. The van der Waals surface area contributed by atoms with Crippen LogP contribution in [0.4, 0.5) is 5.69 Å². The van der Waals surface area contributed by atoms with Crippen molar-refractivity contribution >= 4 is 17.5 Å². The van der Waals surface area contributed by atoms with Gasteiger partial charge in [-0.1, -0.05) is 27.7 Å². The summed E-state index contributed by atoms with van der Waals surface area (Å²) in [6, 6.07) is 7.01. The number of carbonyl (C=O) groups excluding carboxylic acids is 2. The van der Waals surface area contributed by atoms with E-state index in [9.17, 15) is 9.59 Å². The van der Waals surface area contributed by atoms with Crippen LogP contribution in [-0.4, -0.2) is 18.4 Å². The van der Waals surface area contributed by atoms with Gasteiger partial charge in [-0.15, -0.1) is 0 Å². The average molecular weight is 290 g/mol. The Morgan fingerprint density at radius 1 is 1.05 bits per heavy atom. The van der Waals surface area contributed by atoms with Crippen molar-refractivity contribution in [1.82, 2.24) is 5.32 Å². The minimum absolute atomic E-state index is 0.0389. The molecule has 0 aliphatic rings. The molecule has 0 atom stereocenters. The Balaban J connectivity index is 2.61. The van der Waals surface area contributed by atoms with Gasteiger partial charge in [-0.3, -0.25) is 9.59 Å². The minimum atomic E-state index is -0.0819. The third kappa shape index (κ3) is 5.58. The van der Waals surface area contributed by atoms with Crippen molar-refractivity contribution in [2.45, 2.75) is 40.5 Å². The summed E-state index contributed by atoms with van der Waals surface area (Å²) in [5.74, 6) is 0.421. The SMILES string of the molecule is CCC(CC)C(=O)Nc1ccc(C(=O)NCC(C)C)cc1. The number of rotatable bonds is 7. The van der Waals surface area contributed by atoms with Crippen molar-refractivity contribution in [3.05, 3.63) is 29.8 Å². The van der Waals surface area contributed by atoms with Crippen LogP contribution < -0.4 is 10.6 Å². The lowest BCUT2D eigenvalue weighted by Gasteiger charge is -2.13. The fourth-order valence-electron chi connectivity index (χ4n) is 2.01. The van der Waals surface area contributed by atoms with Crippen LogP contribution in [0.25, 0.3) is 0 Å². The summed E-state index contributed by atoms with van der Waals surface area (Å²) in [7, 11) is 0. The van der Waals surface area contributed by atoms with Gasteiger partial charge in [0.2, 0.25) is 5.91 Å². The maximum atomic E-state index is 12.0. The second-order valence-electron chi connectivity index (χ2n) is 5.68. The molecule has 0 fully saturated rings. The standard InChI is InChI=1S/C17H26N2O2/c1-5-13(6-2)17(21)19-15-9-7-14(8-10-15)16(20)18-11-12(3)4/h7-10,12-13H,5-6,11H2,1-4H3,(H,18,20)(H,19,21). The van der Waals surface area contributed by atoms with Gasteiger partial charge in [0, 0.05) is 23.7 Å². The lowest BCUT2D eigenvalue weighted by atomic mass is 10.0.